The fourth-order valence-electron chi connectivity index (χ4n) is 1.49. The predicted octanol–water partition coefficient (Wildman–Crippen LogP) is 0.669. The largest absolute Gasteiger partial charge is 0.417 e. The number of hydrogen-bond acceptors (Lipinski definition) is 4. The highest BCUT2D eigenvalue weighted by Crippen LogP contribution is 2.16. The van der Waals surface area contributed by atoms with Gasteiger partial charge in [-0.2, -0.15) is 0 Å². The molecule has 2 rings (SSSR count). The number of oxazole rings is 1. The highest BCUT2D eigenvalue weighted by molar-refractivity contribution is 5.92. The Labute approximate surface area is 97.0 Å². The highest BCUT2D eigenvalue weighted by atomic mass is 16.4. The van der Waals surface area contributed by atoms with Crippen LogP contribution in [0.15, 0.2) is 27.4 Å². The zero-order valence-corrected chi connectivity index (χ0v) is 9.37. The van der Waals surface area contributed by atoms with E-state index in [0.717, 1.165) is 0 Å². The molecule has 17 heavy (non-hydrogen) atoms. The molecule has 1 aromatic heterocycles. The van der Waals surface area contributed by atoms with Crippen molar-refractivity contribution >= 4 is 22.7 Å². The van der Waals surface area contributed by atoms with Crippen molar-refractivity contribution < 1.29 is 9.21 Å². The first-order valence-corrected chi connectivity index (χ1v) is 5.26. The van der Waals surface area contributed by atoms with Crippen molar-refractivity contribution in [1.29, 1.82) is 0 Å². The molecule has 0 aliphatic heterocycles. The summed E-state index contributed by atoms with van der Waals surface area (Å²) < 4.78 is 4.86. The van der Waals surface area contributed by atoms with Crippen LogP contribution in [0.3, 0.4) is 0 Å². The first kappa shape index (κ1) is 11.4. The molecule has 6 heteroatoms. The summed E-state index contributed by atoms with van der Waals surface area (Å²) in [5.74, 6) is -0.580. The lowest BCUT2D eigenvalue weighted by Gasteiger charge is -2.04. The van der Waals surface area contributed by atoms with Crippen molar-refractivity contribution in [2.75, 3.05) is 18.9 Å². The lowest BCUT2D eigenvalue weighted by atomic mass is 10.2. The first-order chi connectivity index (χ1) is 8.19. The van der Waals surface area contributed by atoms with Crippen molar-refractivity contribution in [2.45, 2.75) is 6.42 Å². The Morgan fingerprint density at radius 1 is 1.47 bits per heavy atom. The van der Waals surface area contributed by atoms with Crippen LogP contribution in [0.4, 0.5) is 5.69 Å². The average molecular weight is 235 g/mol. The van der Waals surface area contributed by atoms with Gasteiger partial charge in [-0.25, -0.2) is 4.79 Å². The number of fused-ring (bicyclic) bond motifs is 1. The monoisotopic (exact) mass is 235 g/mol. The van der Waals surface area contributed by atoms with Gasteiger partial charge in [-0.05, 0) is 25.2 Å². The van der Waals surface area contributed by atoms with E-state index >= 15 is 0 Å². The van der Waals surface area contributed by atoms with E-state index in [1.54, 1.807) is 25.2 Å². The number of H-pyrrole nitrogens is 1. The number of rotatable bonds is 4. The average Bonchev–Trinajstić information content (AvgIpc) is 2.65. The molecule has 0 bridgehead atoms. The van der Waals surface area contributed by atoms with Gasteiger partial charge in [-0.15, -0.1) is 0 Å². The van der Waals surface area contributed by atoms with E-state index in [4.69, 9.17) is 4.42 Å². The molecule has 0 aliphatic carbocycles. The van der Waals surface area contributed by atoms with Gasteiger partial charge in [0.15, 0.2) is 5.58 Å². The molecule has 0 saturated heterocycles. The third-order valence-electron chi connectivity index (χ3n) is 2.30. The van der Waals surface area contributed by atoms with Crippen LogP contribution in [0.2, 0.25) is 0 Å². The van der Waals surface area contributed by atoms with Gasteiger partial charge in [0.05, 0.1) is 5.52 Å². The van der Waals surface area contributed by atoms with Crippen LogP contribution in [0.1, 0.15) is 6.42 Å². The number of benzene rings is 1. The molecule has 2 aromatic rings. The third kappa shape index (κ3) is 2.73. The van der Waals surface area contributed by atoms with Crippen LogP contribution >= 0.6 is 0 Å². The molecule has 0 fully saturated rings. The molecule has 0 aliphatic rings. The molecular weight excluding hydrogens is 222 g/mol. The Balaban J connectivity index is 2.13. The van der Waals surface area contributed by atoms with Crippen LogP contribution in [-0.2, 0) is 4.79 Å². The molecule has 1 aromatic carbocycles. The number of aromatic amines is 1. The summed E-state index contributed by atoms with van der Waals surface area (Å²) in [6, 6.07) is 4.99. The summed E-state index contributed by atoms with van der Waals surface area (Å²) in [5, 5.41) is 5.63. The number of carbonyl (C=O) groups excluding carboxylic acids is 1. The van der Waals surface area contributed by atoms with E-state index in [1.807, 2.05) is 0 Å². The summed E-state index contributed by atoms with van der Waals surface area (Å²) in [6.07, 6.45) is 0.399. The van der Waals surface area contributed by atoms with Crippen LogP contribution in [-0.4, -0.2) is 24.5 Å². The van der Waals surface area contributed by atoms with E-state index < -0.39 is 5.76 Å². The summed E-state index contributed by atoms with van der Waals surface area (Å²) in [7, 11) is 1.79. The fourth-order valence-corrected chi connectivity index (χ4v) is 1.49. The topological polar surface area (TPSA) is 87.1 Å². The van der Waals surface area contributed by atoms with Crippen LogP contribution < -0.4 is 16.4 Å². The van der Waals surface area contributed by atoms with Gasteiger partial charge in [-0.1, -0.05) is 0 Å². The van der Waals surface area contributed by atoms with Crippen molar-refractivity contribution in [3.05, 3.63) is 28.7 Å². The molecule has 3 N–H and O–H groups in total. The Bertz CT molecular complexity index is 585. The van der Waals surface area contributed by atoms with Crippen molar-refractivity contribution in [1.82, 2.24) is 10.3 Å². The fraction of sp³-hybridized carbons (Fsp3) is 0.273. The van der Waals surface area contributed by atoms with Gasteiger partial charge in [0.2, 0.25) is 5.91 Å². The predicted molar refractivity (Wildman–Crippen MR) is 64.0 cm³/mol. The zero-order valence-electron chi connectivity index (χ0n) is 9.37. The standard InChI is InChI=1S/C11H13N3O3/c1-12-5-4-10(15)13-7-2-3-9-8(6-7)14-11(16)17-9/h2-3,6,12H,4-5H2,1H3,(H,13,15)(H,14,16). The molecular formula is C11H13N3O3. The number of amides is 1. The minimum atomic E-state index is -0.501. The maximum atomic E-state index is 11.5. The molecule has 1 heterocycles. The summed E-state index contributed by atoms with van der Waals surface area (Å²) >= 11 is 0. The van der Waals surface area contributed by atoms with Gasteiger partial charge in [0.25, 0.3) is 0 Å². The lowest BCUT2D eigenvalue weighted by molar-refractivity contribution is -0.116. The zero-order chi connectivity index (χ0) is 12.3. The van der Waals surface area contributed by atoms with Crippen molar-refractivity contribution in [3.63, 3.8) is 0 Å². The first-order valence-electron chi connectivity index (χ1n) is 5.26. The number of anilines is 1. The lowest BCUT2D eigenvalue weighted by Crippen LogP contribution is -2.18. The smallest absolute Gasteiger partial charge is 0.408 e. The Morgan fingerprint density at radius 3 is 3.06 bits per heavy atom. The van der Waals surface area contributed by atoms with Gasteiger partial charge >= 0.3 is 5.76 Å². The minimum Gasteiger partial charge on any atom is -0.408 e. The number of aromatic nitrogens is 1. The second-order valence-electron chi connectivity index (χ2n) is 3.63. The molecule has 0 atom stereocenters. The van der Waals surface area contributed by atoms with Crippen LogP contribution in [0.5, 0.6) is 0 Å². The Hall–Kier alpha value is -2.08. The van der Waals surface area contributed by atoms with E-state index in [1.165, 1.54) is 0 Å². The Kier molecular flexibility index (Phi) is 3.24. The molecule has 0 saturated carbocycles. The summed E-state index contributed by atoms with van der Waals surface area (Å²) in [6.45, 7) is 0.622. The molecule has 0 spiro atoms. The Morgan fingerprint density at radius 2 is 2.29 bits per heavy atom. The van der Waals surface area contributed by atoms with Gasteiger partial charge < -0.3 is 15.1 Å². The van der Waals surface area contributed by atoms with Gasteiger partial charge in [0.1, 0.15) is 0 Å². The van der Waals surface area contributed by atoms with E-state index in [2.05, 4.69) is 15.6 Å². The highest BCUT2D eigenvalue weighted by Gasteiger charge is 2.04. The SMILES string of the molecule is CNCCC(=O)Nc1ccc2oc(=O)[nH]c2c1. The minimum absolute atomic E-state index is 0.0791. The maximum Gasteiger partial charge on any atom is 0.417 e. The second-order valence-corrected chi connectivity index (χ2v) is 3.63. The quantitative estimate of drug-likeness (QED) is 0.726. The second kappa shape index (κ2) is 4.84. The third-order valence-corrected chi connectivity index (χ3v) is 2.30. The maximum absolute atomic E-state index is 11.5. The van der Waals surface area contributed by atoms with E-state index in [0.29, 0.717) is 29.8 Å². The van der Waals surface area contributed by atoms with E-state index in [-0.39, 0.29) is 5.91 Å². The van der Waals surface area contributed by atoms with Crippen LogP contribution in [0, 0.1) is 0 Å². The molecule has 0 radical (unpaired) electrons. The van der Waals surface area contributed by atoms with Crippen LogP contribution in [0.25, 0.3) is 11.1 Å². The summed E-state index contributed by atoms with van der Waals surface area (Å²) in [5.41, 5.74) is 1.68. The molecule has 0 unspecified atom stereocenters. The van der Waals surface area contributed by atoms with Gasteiger partial charge in [0, 0.05) is 18.7 Å². The number of nitrogens with one attached hydrogen (secondary N) is 3. The number of hydrogen-bond donors (Lipinski definition) is 3. The normalized spacial score (nSPS) is 10.6. The van der Waals surface area contributed by atoms with E-state index in [9.17, 15) is 9.59 Å². The van der Waals surface area contributed by atoms with Crippen molar-refractivity contribution in [3.8, 4) is 0 Å². The molecule has 90 valence electrons. The number of carbonyl (C=O) groups is 1. The van der Waals surface area contributed by atoms with Crippen molar-refractivity contribution in [2.24, 2.45) is 0 Å². The molecule has 6 nitrogen and oxygen atoms in total. The summed E-state index contributed by atoms with van der Waals surface area (Å²) in [4.78, 5) is 24.9. The van der Waals surface area contributed by atoms with Gasteiger partial charge in [-0.3, -0.25) is 9.78 Å². The molecule has 1 amide bonds.